The van der Waals surface area contributed by atoms with E-state index in [9.17, 15) is 14.9 Å². The molecule has 8 nitrogen and oxygen atoms in total. The maximum absolute atomic E-state index is 11.8. The Morgan fingerprint density at radius 2 is 2.25 bits per heavy atom. The van der Waals surface area contributed by atoms with Crippen molar-refractivity contribution < 1.29 is 4.92 Å². The first kappa shape index (κ1) is 13.7. The second kappa shape index (κ2) is 5.49. The number of nitrogen functional groups attached to an aromatic ring is 1. The van der Waals surface area contributed by atoms with Gasteiger partial charge in [0, 0.05) is 11.6 Å². The SMILES string of the molecule is Cc1cc(=O)n(Cc2cccc(NN)n2)cc1[N+](=O)[O-]. The molecule has 2 heterocycles. The van der Waals surface area contributed by atoms with Gasteiger partial charge in [-0.3, -0.25) is 14.9 Å². The van der Waals surface area contributed by atoms with Gasteiger partial charge in [0.2, 0.25) is 0 Å². The van der Waals surface area contributed by atoms with Crippen LogP contribution in [-0.4, -0.2) is 14.5 Å². The Balaban J connectivity index is 2.40. The highest BCUT2D eigenvalue weighted by atomic mass is 16.6. The van der Waals surface area contributed by atoms with Crippen molar-refractivity contribution in [1.29, 1.82) is 0 Å². The minimum absolute atomic E-state index is 0.0993. The number of nitrogens with one attached hydrogen (secondary N) is 1. The molecule has 8 heteroatoms. The van der Waals surface area contributed by atoms with E-state index in [-0.39, 0.29) is 17.8 Å². The number of aryl methyl sites for hydroxylation is 1. The molecule has 0 saturated heterocycles. The highest BCUT2D eigenvalue weighted by Gasteiger charge is 2.13. The van der Waals surface area contributed by atoms with Gasteiger partial charge in [0.15, 0.2) is 0 Å². The maximum atomic E-state index is 11.8. The number of hydrogen-bond donors (Lipinski definition) is 2. The van der Waals surface area contributed by atoms with E-state index < -0.39 is 4.92 Å². The van der Waals surface area contributed by atoms with Gasteiger partial charge in [0.25, 0.3) is 11.2 Å². The molecule has 0 bridgehead atoms. The number of rotatable bonds is 4. The molecule has 0 unspecified atom stereocenters. The first-order valence-corrected chi connectivity index (χ1v) is 5.79. The second-order valence-electron chi connectivity index (χ2n) is 4.22. The topological polar surface area (TPSA) is 116 Å². The molecule has 0 aliphatic carbocycles. The minimum atomic E-state index is -0.517. The zero-order chi connectivity index (χ0) is 14.7. The molecule has 0 fully saturated rings. The van der Waals surface area contributed by atoms with Crippen molar-refractivity contribution in [2.24, 2.45) is 5.84 Å². The number of aromatic nitrogens is 2. The molecule has 2 aromatic heterocycles. The van der Waals surface area contributed by atoms with Gasteiger partial charge in [-0.25, -0.2) is 10.8 Å². The average molecular weight is 275 g/mol. The summed E-state index contributed by atoms with van der Waals surface area (Å²) in [5, 5.41) is 10.9. The summed E-state index contributed by atoms with van der Waals surface area (Å²) in [6, 6.07) is 6.34. The lowest BCUT2D eigenvalue weighted by atomic mass is 10.2. The van der Waals surface area contributed by atoms with Crippen LogP contribution in [-0.2, 0) is 6.54 Å². The summed E-state index contributed by atoms with van der Waals surface area (Å²) in [6.07, 6.45) is 1.22. The van der Waals surface area contributed by atoms with Crippen LogP contribution in [0.5, 0.6) is 0 Å². The quantitative estimate of drug-likeness (QED) is 0.484. The number of pyridine rings is 2. The fraction of sp³-hybridized carbons (Fsp3) is 0.167. The van der Waals surface area contributed by atoms with Crippen molar-refractivity contribution in [3.05, 3.63) is 62.2 Å². The number of hydrazine groups is 1. The Morgan fingerprint density at radius 3 is 2.90 bits per heavy atom. The molecule has 0 aromatic carbocycles. The number of hydrogen-bond acceptors (Lipinski definition) is 6. The normalized spacial score (nSPS) is 10.3. The Kier molecular flexibility index (Phi) is 3.76. The Hall–Kier alpha value is -2.74. The molecular weight excluding hydrogens is 262 g/mol. The van der Waals surface area contributed by atoms with Gasteiger partial charge in [0.05, 0.1) is 23.4 Å². The molecule has 104 valence electrons. The molecule has 2 rings (SSSR count). The zero-order valence-corrected chi connectivity index (χ0v) is 10.7. The predicted octanol–water partition coefficient (Wildman–Crippen LogP) is 0.794. The molecule has 20 heavy (non-hydrogen) atoms. The number of anilines is 1. The number of nitrogens with zero attached hydrogens (tertiary/aromatic N) is 3. The number of nitrogens with two attached hydrogens (primary N) is 1. The third-order valence-corrected chi connectivity index (χ3v) is 2.79. The van der Waals surface area contributed by atoms with Gasteiger partial charge in [-0.15, -0.1) is 0 Å². The summed E-state index contributed by atoms with van der Waals surface area (Å²) in [5.74, 6) is 5.71. The Bertz CT molecular complexity index is 710. The lowest BCUT2D eigenvalue weighted by molar-refractivity contribution is -0.385. The first-order valence-electron chi connectivity index (χ1n) is 5.79. The molecule has 0 amide bonds. The molecule has 3 N–H and O–H groups in total. The summed E-state index contributed by atoms with van der Waals surface area (Å²) in [6.45, 7) is 1.66. The van der Waals surface area contributed by atoms with Crippen LogP contribution < -0.4 is 16.8 Å². The molecule has 2 aromatic rings. The Labute approximate surface area is 114 Å². The summed E-state index contributed by atoms with van der Waals surface area (Å²) >= 11 is 0. The average Bonchev–Trinajstić information content (AvgIpc) is 2.41. The van der Waals surface area contributed by atoms with Crippen LogP contribution in [0.15, 0.2) is 35.3 Å². The van der Waals surface area contributed by atoms with Crippen molar-refractivity contribution in [2.45, 2.75) is 13.5 Å². The van der Waals surface area contributed by atoms with Crippen LogP contribution >= 0.6 is 0 Å². The van der Waals surface area contributed by atoms with Crippen LogP contribution in [0.2, 0.25) is 0 Å². The maximum Gasteiger partial charge on any atom is 0.288 e. The van der Waals surface area contributed by atoms with E-state index in [1.54, 1.807) is 18.2 Å². The van der Waals surface area contributed by atoms with Gasteiger partial charge in [-0.1, -0.05) is 6.07 Å². The van der Waals surface area contributed by atoms with Gasteiger partial charge >= 0.3 is 0 Å². The molecule has 0 radical (unpaired) electrons. The highest BCUT2D eigenvalue weighted by Crippen LogP contribution is 2.14. The molecular formula is C12H13N5O3. The third-order valence-electron chi connectivity index (χ3n) is 2.79. The van der Waals surface area contributed by atoms with Gasteiger partial charge in [-0.05, 0) is 19.1 Å². The smallest absolute Gasteiger partial charge is 0.288 e. The largest absolute Gasteiger partial charge is 0.308 e. The van der Waals surface area contributed by atoms with E-state index in [0.717, 1.165) is 0 Å². The monoisotopic (exact) mass is 275 g/mol. The second-order valence-corrected chi connectivity index (χ2v) is 4.22. The van der Waals surface area contributed by atoms with Crippen LogP contribution in [0.25, 0.3) is 0 Å². The minimum Gasteiger partial charge on any atom is -0.308 e. The van der Waals surface area contributed by atoms with Crippen LogP contribution in [0, 0.1) is 17.0 Å². The van der Waals surface area contributed by atoms with Crippen LogP contribution in [0.3, 0.4) is 0 Å². The fourth-order valence-electron chi connectivity index (χ4n) is 1.79. The summed E-state index contributed by atoms with van der Waals surface area (Å²) in [5.41, 5.74) is 2.89. The van der Waals surface area contributed by atoms with Gasteiger partial charge in [0.1, 0.15) is 5.82 Å². The van der Waals surface area contributed by atoms with Crippen molar-refractivity contribution in [1.82, 2.24) is 9.55 Å². The standard InChI is InChI=1S/C12H13N5O3/c1-8-5-12(18)16(7-10(8)17(19)20)6-9-3-2-4-11(14-9)15-13/h2-5,7H,6,13H2,1H3,(H,14,15). The van der Waals surface area contributed by atoms with Gasteiger partial charge < -0.3 is 9.99 Å². The first-order chi connectivity index (χ1) is 9.51. The summed E-state index contributed by atoms with van der Waals surface area (Å²) in [7, 11) is 0. The molecule has 0 aliphatic heterocycles. The lowest BCUT2D eigenvalue weighted by Gasteiger charge is -2.07. The molecule has 0 saturated carbocycles. The molecule has 0 atom stereocenters. The lowest BCUT2D eigenvalue weighted by Crippen LogP contribution is -2.21. The fourth-order valence-corrected chi connectivity index (χ4v) is 1.79. The van der Waals surface area contributed by atoms with Crippen molar-refractivity contribution in [3.63, 3.8) is 0 Å². The Morgan fingerprint density at radius 1 is 1.50 bits per heavy atom. The van der Waals surface area contributed by atoms with Gasteiger partial charge in [-0.2, -0.15) is 0 Å². The van der Waals surface area contributed by atoms with E-state index >= 15 is 0 Å². The summed E-state index contributed by atoms with van der Waals surface area (Å²) in [4.78, 5) is 26.4. The van der Waals surface area contributed by atoms with E-state index in [1.807, 2.05) is 0 Å². The van der Waals surface area contributed by atoms with Crippen molar-refractivity contribution >= 4 is 11.5 Å². The molecule has 0 spiro atoms. The number of nitro groups is 1. The van der Waals surface area contributed by atoms with E-state index in [1.165, 1.54) is 23.8 Å². The molecule has 0 aliphatic rings. The van der Waals surface area contributed by atoms with E-state index in [4.69, 9.17) is 5.84 Å². The van der Waals surface area contributed by atoms with E-state index in [0.29, 0.717) is 17.1 Å². The summed E-state index contributed by atoms with van der Waals surface area (Å²) < 4.78 is 1.24. The van der Waals surface area contributed by atoms with Crippen molar-refractivity contribution in [2.75, 3.05) is 5.43 Å². The van der Waals surface area contributed by atoms with E-state index in [2.05, 4.69) is 10.4 Å². The van der Waals surface area contributed by atoms with Crippen molar-refractivity contribution in [3.8, 4) is 0 Å². The highest BCUT2D eigenvalue weighted by molar-refractivity contribution is 5.37. The predicted molar refractivity (Wildman–Crippen MR) is 73.2 cm³/mol. The van der Waals surface area contributed by atoms with Crippen LogP contribution in [0.4, 0.5) is 11.5 Å². The zero-order valence-electron chi connectivity index (χ0n) is 10.7. The van der Waals surface area contributed by atoms with Crippen LogP contribution in [0.1, 0.15) is 11.3 Å². The third kappa shape index (κ3) is 2.81.